The van der Waals surface area contributed by atoms with Crippen molar-refractivity contribution < 1.29 is 12.8 Å². The van der Waals surface area contributed by atoms with Gasteiger partial charge in [0.1, 0.15) is 22.3 Å². The maximum absolute atomic E-state index is 13.5. The van der Waals surface area contributed by atoms with E-state index in [0.717, 1.165) is 25.3 Å². The first-order valence-electron chi connectivity index (χ1n) is 6.22. The van der Waals surface area contributed by atoms with Gasteiger partial charge in [-0.25, -0.2) is 12.8 Å². The molecule has 6 heteroatoms. The first kappa shape index (κ1) is 14.0. The largest absolute Gasteiger partial charge is 0.244 e. The third kappa shape index (κ3) is 2.36. The molecule has 1 heterocycles. The molecule has 102 valence electrons. The summed E-state index contributed by atoms with van der Waals surface area (Å²) in [7, 11) is -3.79. The van der Waals surface area contributed by atoms with E-state index in [4.69, 9.17) is 5.26 Å². The van der Waals surface area contributed by atoms with Crippen LogP contribution in [0.15, 0.2) is 23.1 Å². The van der Waals surface area contributed by atoms with Crippen molar-refractivity contribution in [3.05, 3.63) is 29.6 Å². The average molecular weight is 282 g/mol. The van der Waals surface area contributed by atoms with E-state index in [9.17, 15) is 12.8 Å². The van der Waals surface area contributed by atoms with Crippen molar-refractivity contribution in [1.82, 2.24) is 4.31 Å². The molecule has 0 saturated carbocycles. The Labute approximate surface area is 112 Å². The van der Waals surface area contributed by atoms with E-state index in [1.165, 1.54) is 16.4 Å². The molecule has 1 aliphatic heterocycles. The van der Waals surface area contributed by atoms with E-state index in [1.54, 1.807) is 6.07 Å². The highest BCUT2D eigenvalue weighted by Crippen LogP contribution is 2.29. The molecule has 1 fully saturated rings. The third-order valence-electron chi connectivity index (χ3n) is 3.47. The topological polar surface area (TPSA) is 61.2 Å². The number of halogens is 1. The second-order valence-corrected chi connectivity index (χ2v) is 6.40. The zero-order chi connectivity index (χ0) is 14.0. The van der Waals surface area contributed by atoms with E-state index >= 15 is 0 Å². The molecule has 1 aromatic carbocycles. The molecule has 1 aliphatic rings. The SMILES string of the molecule is CCC1CCCN1S(=O)(=O)c1cccc(F)c1C#N. The van der Waals surface area contributed by atoms with Crippen LogP contribution >= 0.6 is 0 Å². The van der Waals surface area contributed by atoms with Crippen LogP contribution in [-0.4, -0.2) is 25.3 Å². The molecule has 0 spiro atoms. The standard InChI is InChI=1S/C13H15FN2O2S/c1-2-10-5-4-8-16(10)19(17,18)13-7-3-6-12(14)11(13)9-15/h3,6-7,10H,2,4-5,8H2,1H3. The van der Waals surface area contributed by atoms with Crippen molar-refractivity contribution in [2.24, 2.45) is 0 Å². The highest BCUT2D eigenvalue weighted by Gasteiger charge is 2.36. The Morgan fingerprint density at radius 1 is 1.53 bits per heavy atom. The zero-order valence-electron chi connectivity index (χ0n) is 10.6. The lowest BCUT2D eigenvalue weighted by atomic mass is 10.2. The van der Waals surface area contributed by atoms with Crippen molar-refractivity contribution >= 4 is 10.0 Å². The molecule has 19 heavy (non-hydrogen) atoms. The van der Waals surface area contributed by atoms with Crippen LogP contribution in [0.25, 0.3) is 0 Å². The van der Waals surface area contributed by atoms with Gasteiger partial charge in [-0.3, -0.25) is 0 Å². The van der Waals surface area contributed by atoms with Crippen LogP contribution < -0.4 is 0 Å². The van der Waals surface area contributed by atoms with Gasteiger partial charge in [0.15, 0.2) is 0 Å². The molecule has 2 rings (SSSR count). The van der Waals surface area contributed by atoms with Crippen LogP contribution in [0.3, 0.4) is 0 Å². The summed E-state index contributed by atoms with van der Waals surface area (Å²) in [5, 5.41) is 8.96. The van der Waals surface area contributed by atoms with Gasteiger partial charge in [0.2, 0.25) is 10.0 Å². The Hall–Kier alpha value is -1.45. The van der Waals surface area contributed by atoms with Gasteiger partial charge in [0.25, 0.3) is 0 Å². The van der Waals surface area contributed by atoms with Crippen molar-refractivity contribution in [3.63, 3.8) is 0 Å². The molecule has 1 saturated heterocycles. The normalized spacial score (nSPS) is 20.4. The van der Waals surface area contributed by atoms with E-state index in [0.29, 0.717) is 6.54 Å². The number of hydrogen-bond donors (Lipinski definition) is 0. The summed E-state index contributed by atoms with van der Waals surface area (Å²) in [6, 6.07) is 5.30. The van der Waals surface area contributed by atoms with Crippen molar-refractivity contribution in [1.29, 1.82) is 5.26 Å². The summed E-state index contributed by atoms with van der Waals surface area (Å²) in [5.74, 6) is -0.796. The average Bonchev–Trinajstić information content (AvgIpc) is 2.87. The second-order valence-electron chi connectivity index (χ2n) is 4.54. The van der Waals surface area contributed by atoms with Gasteiger partial charge < -0.3 is 0 Å². The Morgan fingerprint density at radius 2 is 2.26 bits per heavy atom. The minimum absolute atomic E-state index is 0.0557. The monoisotopic (exact) mass is 282 g/mol. The van der Waals surface area contributed by atoms with E-state index in [-0.39, 0.29) is 10.9 Å². The molecule has 0 N–H and O–H groups in total. The number of hydrogen-bond acceptors (Lipinski definition) is 3. The highest BCUT2D eigenvalue weighted by molar-refractivity contribution is 7.89. The maximum Gasteiger partial charge on any atom is 0.244 e. The third-order valence-corrected chi connectivity index (χ3v) is 5.46. The fourth-order valence-electron chi connectivity index (χ4n) is 2.49. The lowest BCUT2D eigenvalue weighted by molar-refractivity contribution is 0.379. The zero-order valence-corrected chi connectivity index (χ0v) is 11.5. The number of nitriles is 1. The fourth-order valence-corrected chi connectivity index (χ4v) is 4.41. The van der Waals surface area contributed by atoms with Gasteiger partial charge in [-0.2, -0.15) is 9.57 Å². The summed E-state index contributed by atoms with van der Waals surface area (Å²) in [6.45, 7) is 2.36. The van der Waals surface area contributed by atoms with E-state index in [2.05, 4.69) is 0 Å². The Kier molecular flexibility index (Phi) is 3.88. The van der Waals surface area contributed by atoms with Gasteiger partial charge in [-0.05, 0) is 31.4 Å². The fraction of sp³-hybridized carbons (Fsp3) is 0.462. The van der Waals surface area contributed by atoms with Gasteiger partial charge >= 0.3 is 0 Å². The van der Waals surface area contributed by atoms with Gasteiger partial charge in [-0.1, -0.05) is 13.0 Å². The number of sulfonamides is 1. The first-order valence-corrected chi connectivity index (χ1v) is 7.66. The first-order chi connectivity index (χ1) is 9.02. The van der Waals surface area contributed by atoms with Crippen molar-refractivity contribution in [2.75, 3.05) is 6.54 Å². The van der Waals surface area contributed by atoms with Crippen LogP contribution in [0.5, 0.6) is 0 Å². The van der Waals surface area contributed by atoms with Gasteiger partial charge in [0.05, 0.1) is 0 Å². The van der Waals surface area contributed by atoms with Crippen LogP contribution in [0.4, 0.5) is 4.39 Å². The predicted octanol–water partition coefficient (Wildman–Crippen LogP) is 2.26. The van der Waals surface area contributed by atoms with Crippen LogP contribution in [0.2, 0.25) is 0 Å². The molecule has 0 radical (unpaired) electrons. The maximum atomic E-state index is 13.5. The molecular formula is C13H15FN2O2S. The molecule has 1 atom stereocenters. The number of nitrogens with zero attached hydrogens (tertiary/aromatic N) is 2. The quantitative estimate of drug-likeness (QED) is 0.854. The smallest absolute Gasteiger partial charge is 0.207 e. The van der Waals surface area contributed by atoms with E-state index in [1.807, 2.05) is 6.92 Å². The predicted molar refractivity (Wildman–Crippen MR) is 68.3 cm³/mol. The van der Waals surface area contributed by atoms with Crippen LogP contribution in [0, 0.1) is 17.1 Å². The minimum atomic E-state index is -3.79. The lowest BCUT2D eigenvalue weighted by Crippen LogP contribution is -2.35. The molecule has 4 nitrogen and oxygen atoms in total. The Bertz CT molecular complexity index is 622. The second kappa shape index (κ2) is 5.27. The van der Waals surface area contributed by atoms with Gasteiger partial charge in [0, 0.05) is 12.6 Å². The van der Waals surface area contributed by atoms with Crippen molar-refractivity contribution in [2.45, 2.75) is 37.1 Å². The summed E-state index contributed by atoms with van der Waals surface area (Å²) >= 11 is 0. The molecule has 1 aromatic rings. The van der Waals surface area contributed by atoms with Crippen LogP contribution in [0.1, 0.15) is 31.7 Å². The lowest BCUT2D eigenvalue weighted by Gasteiger charge is -2.23. The molecular weight excluding hydrogens is 267 g/mol. The molecule has 0 aromatic heterocycles. The summed E-state index contributed by atoms with van der Waals surface area (Å²) in [6.07, 6.45) is 2.33. The number of benzene rings is 1. The van der Waals surface area contributed by atoms with Gasteiger partial charge in [-0.15, -0.1) is 0 Å². The summed E-state index contributed by atoms with van der Waals surface area (Å²) in [5.41, 5.74) is -0.399. The molecule has 1 unspecified atom stereocenters. The highest BCUT2D eigenvalue weighted by atomic mass is 32.2. The van der Waals surface area contributed by atoms with Crippen LogP contribution in [-0.2, 0) is 10.0 Å². The molecule has 0 aliphatic carbocycles. The van der Waals surface area contributed by atoms with E-state index < -0.39 is 21.4 Å². The Morgan fingerprint density at radius 3 is 2.89 bits per heavy atom. The number of rotatable bonds is 3. The minimum Gasteiger partial charge on any atom is -0.207 e. The van der Waals surface area contributed by atoms with Crippen molar-refractivity contribution in [3.8, 4) is 6.07 Å². The molecule has 0 amide bonds. The Balaban J connectivity index is 2.52. The summed E-state index contributed by atoms with van der Waals surface area (Å²) in [4.78, 5) is -0.227. The molecule has 0 bridgehead atoms. The summed E-state index contributed by atoms with van der Waals surface area (Å²) < 4.78 is 40.0.